The first-order valence-electron chi connectivity index (χ1n) is 7.75. The number of guanidine groups is 1. The average molecular weight is 268 g/mol. The van der Waals surface area contributed by atoms with Crippen LogP contribution in [0.25, 0.3) is 0 Å². The van der Waals surface area contributed by atoms with Gasteiger partial charge in [-0.25, -0.2) is 0 Å². The summed E-state index contributed by atoms with van der Waals surface area (Å²) in [6.45, 7) is 15.2. The lowest BCUT2D eigenvalue weighted by Crippen LogP contribution is -2.50. The number of nitrogens with zero attached hydrogens (tertiary/aromatic N) is 2. The van der Waals surface area contributed by atoms with Crippen molar-refractivity contribution in [2.24, 2.45) is 4.99 Å². The van der Waals surface area contributed by atoms with Gasteiger partial charge in [-0.2, -0.15) is 0 Å². The number of nitrogens with one attached hydrogen (secondary N) is 2. The summed E-state index contributed by atoms with van der Waals surface area (Å²) < 4.78 is 0. The Hall–Kier alpha value is -0.770. The quantitative estimate of drug-likeness (QED) is 0.593. The molecule has 1 aliphatic heterocycles. The van der Waals surface area contributed by atoms with Crippen LogP contribution in [-0.2, 0) is 0 Å². The van der Waals surface area contributed by atoms with E-state index in [1.807, 2.05) is 0 Å². The molecular formula is C15H32N4. The molecule has 0 atom stereocenters. The predicted octanol–water partition coefficient (Wildman–Crippen LogP) is 2.21. The van der Waals surface area contributed by atoms with Crippen molar-refractivity contribution in [1.82, 2.24) is 15.5 Å². The van der Waals surface area contributed by atoms with Gasteiger partial charge in [0.1, 0.15) is 0 Å². The Morgan fingerprint density at radius 3 is 2.37 bits per heavy atom. The van der Waals surface area contributed by atoms with Gasteiger partial charge in [-0.15, -0.1) is 0 Å². The zero-order valence-electron chi connectivity index (χ0n) is 13.4. The fourth-order valence-corrected chi connectivity index (χ4v) is 2.47. The van der Waals surface area contributed by atoms with Crippen LogP contribution in [0.1, 0.15) is 53.9 Å². The summed E-state index contributed by atoms with van der Waals surface area (Å²) in [5.74, 6) is 0.933. The third-order valence-electron chi connectivity index (χ3n) is 3.61. The molecule has 0 aromatic rings. The molecule has 0 radical (unpaired) electrons. The maximum atomic E-state index is 4.75. The summed E-state index contributed by atoms with van der Waals surface area (Å²) in [5.41, 5.74) is 0.153. The molecule has 0 unspecified atom stereocenters. The molecule has 1 aliphatic rings. The molecule has 1 rings (SSSR count). The van der Waals surface area contributed by atoms with E-state index >= 15 is 0 Å². The molecule has 0 bridgehead atoms. The molecule has 1 fully saturated rings. The number of piperidine rings is 1. The normalized spacial score (nSPS) is 18.7. The van der Waals surface area contributed by atoms with Crippen LogP contribution in [0, 0.1) is 0 Å². The van der Waals surface area contributed by atoms with Gasteiger partial charge in [0.05, 0.1) is 6.54 Å². The van der Waals surface area contributed by atoms with Crippen molar-refractivity contribution in [3.63, 3.8) is 0 Å². The van der Waals surface area contributed by atoms with Gasteiger partial charge in [0.15, 0.2) is 5.96 Å². The van der Waals surface area contributed by atoms with Gasteiger partial charge in [0, 0.05) is 18.1 Å². The summed E-state index contributed by atoms with van der Waals surface area (Å²) >= 11 is 0. The average Bonchev–Trinajstić information content (AvgIpc) is 2.37. The second-order valence-corrected chi connectivity index (χ2v) is 6.35. The van der Waals surface area contributed by atoms with Crippen LogP contribution in [0.3, 0.4) is 0 Å². The summed E-state index contributed by atoms with van der Waals surface area (Å²) in [5, 5.41) is 6.69. The zero-order valence-corrected chi connectivity index (χ0v) is 13.4. The molecule has 0 saturated carbocycles. The molecular weight excluding hydrogens is 236 g/mol. The fourth-order valence-electron chi connectivity index (χ4n) is 2.47. The monoisotopic (exact) mass is 268 g/mol. The third kappa shape index (κ3) is 5.81. The summed E-state index contributed by atoms with van der Waals surface area (Å²) in [7, 11) is 0. The van der Waals surface area contributed by atoms with Crippen LogP contribution in [-0.4, -0.2) is 48.6 Å². The Kier molecular flexibility index (Phi) is 6.63. The van der Waals surface area contributed by atoms with E-state index in [4.69, 9.17) is 4.99 Å². The highest BCUT2D eigenvalue weighted by Crippen LogP contribution is 2.20. The first kappa shape index (κ1) is 16.3. The fraction of sp³-hybridized carbons (Fsp3) is 0.933. The SMILES string of the molecule is CCNC(=NCC(C)(C)N1CCCCC1)NC(C)C. The van der Waals surface area contributed by atoms with Crippen LogP contribution in [0.15, 0.2) is 4.99 Å². The van der Waals surface area contributed by atoms with E-state index in [9.17, 15) is 0 Å². The maximum Gasteiger partial charge on any atom is 0.191 e. The highest BCUT2D eigenvalue weighted by molar-refractivity contribution is 5.80. The molecule has 1 saturated heterocycles. The minimum Gasteiger partial charge on any atom is -0.357 e. The van der Waals surface area contributed by atoms with Crippen LogP contribution >= 0.6 is 0 Å². The van der Waals surface area contributed by atoms with E-state index in [0.717, 1.165) is 19.0 Å². The highest BCUT2D eigenvalue weighted by atomic mass is 15.2. The van der Waals surface area contributed by atoms with Gasteiger partial charge in [-0.05, 0) is 60.5 Å². The lowest BCUT2D eigenvalue weighted by atomic mass is 9.99. The van der Waals surface area contributed by atoms with Crippen molar-refractivity contribution in [1.29, 1.82) is 0 Å². The Labute approximate surface area is 119 Å². The van der Waals surface area contributed by atoms with E-state index in [0.29, 0.717) is 6.04 Å². The topological polar surface area (TPSA) is 39.7 Å². The van der Waals surface area contributed by atoms with Crippen LogP contribution in [0.4, 0.5) is 0 Å². The molecule has 0 spiro atoms. The summed E-state index contributed by atoms with van der Waals surface area (Å²) in [4.78, 5) is 7.34. The van der Waals surface area contributed by atoms with Crippen molar-refractivity contribution in [2.75, 3.05) is 26.2 Å². The van der Waals surface area contributed by atoms with E-state index in [-0.39, 0.29) is 5.54 Å². The van der Waals surface area contributed by atoms with Gasteiger partial charge in [0.25, 0.3) is 0 Å². The summed E-state index contributed by atoms with van der Waals surface area (Å²) in [6.07, 6.45) is 4.04. The van der Waals surface area contributed by atoms with Crippen molar-refractivity contribution in [3.05, 3.63) is 0 Å². The number of rotatable bonds is 5. The van der Waals surface area contributed by atoms with Gasteiger partial charge < -0.3 is 10.6 Å². The largest absolute Gasteiger partial charge is 0.357 e. The van der Waals surface area contributed by atoms with Crippen LogP contribution in [0.5, 0.6) is 0 Å². The van der Waals surface area contributed by atoms with Crippen molar-refractivity contribution in [3.8, 4) is 0 Å². The number of hydrogen-bond donors (Lipinski definition) is 2. The lowest BCUT2D eigenvalue weighted by Gasteiger charge is -2.40. The molecule has 0 aromatic heterocycles. The first-order valence-corrected chi connectivity index (χ1v) is 7.75. The molecule has 112 valence electrons. The van der Waals surface area contributed by atoms with Crippen molar-refractivity contribution >= 4 is 5.96 Å². The standard InChI is InChI=1S/C15H32N4/c1-6-16-14(18-13(2)3)17-12-15(4,5)19-10-8-7-9-11-19/h13H,6-12H2,1-5H3,(H2,16,17,18). The molecule has 19 heavy (non-hydrogen) atoms. The Morgan fingerprint density at radius 2 is 1.84 bits per heavy atom. The number of hydrogen-bond acceptors (Lipinski definition) is 2. The van der Waals surface area contributed by atoms with E-state index in [2.05, 4.69) is 50.2 Å². The van der Waals surface area contributed by atoms with E-state index < -0.39 is 0 Å². The second kappa shape index (κ2) is 7.73. The first-order chi connectivity index (χ1) is 8.95. The maximum absolute atomic E-state index is 4.75. The van der Waals surface area contributed by atoms with Crippen molar-refractivity contribution < 1.29 is 0 Å². The van der Waals surface area contributed by atoms with Gasteiger partial charge >= 0.3 is 0 Å². The molecule has 0 aromatic carbocycles. The third-order valence-corrected chi connectivity index (χ3v) is 3.61. The van der Waals surface area contributed by atoms with Gasteiger partial charge in [-0.1, -0.05) is 6.42 Å². The minimum absolute atomic E-state index is 0.153. The number of likely N-dealkylation sites (tertiary alicyclic amines) is 1. The molecule has 4 nitrogen and oxygen atoms in total. The minimum atomic E-state index is 0.153. The van der Waals surface area contributed by atoms with Gasteiger partial charge in [0.2, 0.25) is 0 Å². The molecule has 4 heteroatoms. The summed E-state index contributed by atoms with van der Waals surface area (Å²) in [6, 6.07) is 0.413. The lowest BCUT2D eigenvalue weighted by molar-refractivity contribution is 0.102. The highest BCUT2D eigenvalue weighted by Gasteiger charge is 2.27. The Morgan fingerprint density at radius 1 is 1.21 bits per heavy atom. The van der Waals surface area contributed by atoms with Crippen LogP contribution in [0.2, 0.25) is 0 Å². The van der Waals surface area contributed by atoms with Crippen molar-refractivity contribution in [2.45, 2.75) is 65.5 Å². The molecule has 2 N–H and O–H groups in total. The molecule has 0 amide bonds. The Balaban J connectivity index is 2.57. The van der Waals surface area contributed by atoms with Gasteiger partial charge in [-0.3, -0.25) is 9.89 Å². The van der Waals surface area contributed by atoms with E-state index in [1.165, 1.54) is 32.4 Å². The molecule has 1 heterocycles. The molecule has 0 aliphatic carbocycles. The van der Waals surface area contributed by atoms with Crippen LogP contribution < -0.4 is 10.6 Å². The number of aliphatic imine (C=N–C) groups is 1. The van der Waals surface area contributed by atoms with E-state index in [1.54, 1.807) is 0 Å². The Bertz CT molecular complexity index is 278. The second-order valence-electron chi connectivity index (χ2n) is 6.35. The zero-order chi connectivity index (χ0) is 14.3. The smallest absolute Gasteiger partial charge is 0.191 e. The predicted molar refractivity (Wildman–Crippen MR) is 83.8 cm³/mol.